The van der Waals surface area contributed by atoms with E-state index in [9.17, 15) is 4.79 Å². The van der Waals surface area contributed by atoms with Gasteiger partial charge in [-0.05, 0) is 26.3 Å². The molecule has 1 aromatic carbocycles. The molecule has 0 saturated carbocycles. The highest BCUT2D eigenvalue weighted by molar-refractivity contribution is 7.21. The smallest absolute Gasteiger partial charge is 0.266 e. The number of nitrogens with zero attached hydrogens (tertiary/aromatic N) is 1. The van der Waals surface area contributed by atoms with Gasteiger partial charge in [0.15, 0.2) is 0 Å². The molecule has 2 N–H and O–H groups in total. The summed E-state index contributed by atoms with van der Waals surface area (Å²) in [5.41, 5.74) is 7.88. The minimum atomic E-state index is 0.00287. The molecule has 0 spiro atoms. The first-order valence-electron chi connectivity index (χ1n) is 5.98. The number of hydrogen-bond acceptors (Lipinski definition) is 3. The summed E-state index contributed by atoms with van der Waals surface area (Å²) in [6, 6.07) is 6.16. The summed E-state index contributed by atoms with van der Waals surface area (Å²) in [6.45, 7) is 6.03. The minimum Gasteiger partial charge on any atom is -0.397 e. The van der Waals surface area contributed by atoms with Crippen LogP contribution in [0.4, 0.5) is 5.69 Å². The number of carbonyl (C=O) groups excluding carboxylic acids is 1. The number of fused-ring (bicyclic) bond motifs is 1. The van der Waals surface area contributed by atoms with Crippen LogP contribution in [-0.4, -0.2) is 23.9 Å². The van der Waals surface area contributed by atoms with E-state index in [1.165, 1.54) is 11.3 Å². The maximum absolute atomic E-state index is 12.3. The van der Waals surface area contributed by atoms with Crippen molar-refractivity contribution < 1.29 is 4.79 Å². The summed E-state index contributed by atoms with van der Waals surface area (Å²) in [7, 11) is 1.81. The minimum absolute atomic E-state index is 0.00287. The zero-order valence-corrected chi connectivity index (χ0v) is 12.0. The van der Waals surface area contributed by atoms with Crippen LogP contribution < -0.4 is 5.73 Å². The van der Waals surface area contributed by atoms with Gasteiger partial charge in [-0.15, -0.1) is 11.3 Å². The molecule has 4 heteroatoms. The Morgan fingerprint density at radius 2 is 2.06 bits per heavy atom. The molecule has 0 saturated heterocycles. The van der Waals surface area contributed by atoms with Crippen molar-refractivity contribution in [3.8, 4) is 0 Å². The molecule has 96 valence electrons. The van der Waals surface area contributed by atoms with Gasteiger partial charge in [0.2, 0.25) is 0 Å². The molecular weight excluding hydrogens is 244 g/mol. The van der Waals surface area contributed by atoms with E-state index >= 15 is 0 Å². The molecule has 0 aliphatic heterocycles. The third-order valence-electron chi connectivity index (χ3n) is 3.24. The molecule has 3 nitrogen and oxygen atoms in total. The van der Waals surface area contributed by atoms with Crippen LogP contribution in [0.5, 0.6) is 0 Å². The van der Waals surface area contributed by atoms with Crippen molar-refractivity contribution in [2.45, 2.75) is 26.8 Å². The molecule has 0 fully saturated rings. The number of anilines is 1. The van der Waals surface area contributed by atoms with Crippen molar-refractivity contribution >= 4 is 33.0 Å². The van der Waals surface area contributed by atoms with Crippen molar-refractivity contribution in [3.05, 3.63) is 28.6 Å². The van der Waals surface area contributed by atoms with Crippen molar-refractivity contribution in [1.82, 2.24) is 4.90 Å². The molecular formula is C14H18N2OS. The lowest BCUT2D eigenvalue weighted by Gasteiger charge is -2.20. The SMILES string of the molecule is Cc1cccc2c(N)c(C(=O)N(C)C(C)C)sc12. The Labute approximate surface area is 111 Å². The van der Waals surface area contributed by atoms with E-state index < -0.39 is 0 Å². The molecule has 2 rings (SSSR count). The van der Waals surface area contributed by atoms with Gasteiger partial charge in [0, 0.05) is 23.2 Å². The maximum Gasteiger partial charge on any atom is 0.266 e. The highest BCUT2D eigenvalue weighted by atomic mass is 32.1. The van der Waals surface area contributed by atoms with Gasteiger partial charge < -0.3 is 10.6 Å². The first-order valence-corrected chi connectivity index (χ1v) is 6.80. The van der Waals surface area contributed by atoms with Crippen molar-refractivity contribution in [1.29, 1.82) is 0 Å². The van der Waals surface area contributed by atoms with Crippen molar-refractivity contribution in [2.75, 3.05) is 12.8 Å². The van der Waals surface area contributed by atoms with E-state index in [0.29, 0.717) is 10.6 Å². The summed E-state index contributed by atoms with van der Waals surface area (Å²) in [4.78, 5) is 14.7. The van der Waals surface area contributed by atoms with Crippen LogP contribution in [0.3, 0.4) is 0 Å². The average molecular weight is 262 g/mol. The van der Waals surface area contributed by atoms with E-state index in [2.05, 4.69) is 0 Å². The number of amides is 1. The normalized spacial score (nSPS) is 11.2. The Morgan fingerprint density at radius 1 is 1.39 bits per heavy atom. The fourth-order valence-corrected chi connectivity index (χ4v) is 3.01. The van der Waals surface area contributed by atoms with Gasteiger partial charge in [-0.3, -0.25) is 4.79 Å². The predicted molar refractivity (Wildman–Crippen MR) is 78.2 cm³/mol. The number of nitrogen functional groups attached to an aromatic ring is 1. The number of rotatable bonds is 2. The lowest BCUT2D eigenvalue weighted by atomic mass is 10.1. The Hall–Kier alpha value is -1.55. The lowest BCUT2D eigenvalue weighted by Crippen LogP contribution is -2.32. The predicted octanol–water partition coefficient (Wildman–Crippen LogP) is 3.27. The zero-order chi connectivity index (χ0) is 13.4. The van der Waals surface area contributed by atoms with Crippen LogP contribution in [-0.2, 0) is 0 Å². The Bertz CT molecular complexity index is 601. The molecule has 0 aliphatic carbocycles. The molecule has 1 aromatic heterocycles. The van der Waals surface area contributed by atoms with Gasteiger partial charge in [0.1, 0.15) is 4.88 Å². The number of benzene rings is 1. The first kappa shape index (κ1) is 12.9. The maximum atomic E-state index is 12.3. The van der Waals surface area contributed by atoms with Gasteiger partial charge in [-0.2, -0.15) is 0 Å². The summed E-state index contributed by atoms with van der Waals surface area (Å²) in [5, 5.41) is 0.987. The number of nitrogens with two attached hydrogens (primary N) is 1. The molecule has 18 heavy (non-hydrogen) atoms. The summed E-state index contributed by atoms with van der Waals surface area (Å²) in [6.07, 6.45) is 0. The second-order valence-corrected chi connectivity index (χ2v) is 5.83. The van der Waals surface area contributed by atoms with Gasteiger partial charge in [0.05, 0.1) is 5.69 Å². The molecule has 0 atom stereocenters. The van der Waals surface area contributed by atoms with Gasteiger partial charge in [-0.1, -0.05) is 18.2 Å². The lowest BCUT2D eigenvalue weighted by molar-refractivity contribution is 0.0761. The number of hydrogen-bond donors (Lipinski definition) is 1. The zero-order valence-electron chi connectivity index (χ0n) is 11.2. The van der Waals surface area contributed by atoms with E-state index in [1.807, 2.05) is 46.0 Å². The van der Waals surface area contributed by atoms with Crippen LogP contribution in [0.25, 0.3) is 10.1 Å². The average Bonchev–Trinajstić information content (AvgIpc) is 2.67. The highest BCUT2D eigenvalue weighted by Crippen LogP contribution is 2.36. The van der Waals surface area contributed by atoms with Crippen LogP contribution in [0.1, 0.15) is 29.1 Å². The molecule has 2 aromatic rings. The topological polar surface area (TPSA) is 46.3 Å². The third-order valence-corrected chi connectivity index (χ3v) is 4.58. The van der Waals surface area contributed by atoms with Gasteiger partial charge >= 0.3 is 0 Å². The highest BCUT2D eigenvalue weighted by Gasteiger charge is 2.21. The fourth-order valence-electron chi connectivity index (χ4n) is 1.83. The van der Waals surface area contributed by atoms with E-state index in [4.69, 9.17) is 5.73 Å². The van der Waals surface area contributed by atoms with Gasteiger partial charge in [0.25, 0.3) is 5.91 Å². The summed E-state index contributed by atoms with van der Waals surface area (Å²) in [5.74, 6) is 0.00287. The van der Waals surface area contributed by atoms with Crippen molar-refractivity contribution in [3.63, 3.8) is 0 Å². The van der Waals surface area contributed by atoms with Crippen LogP contribution in [0.15, 0.2) is 18.2 Å². The Balaban J connectivity index is 2.56. The largest absolute Gasteiger partial charge is 0.397 e. The number of thiophene rings is 1. The third kappa shape index (κ3) is 1.97. The van der Waals surface area contributed by atoms with Crippen molar-refractivity contribution in [2.24, 2.45) is 0 Å². The molecule has 1 heterocycles. The standard InChI is InChI=1S/C14H18N2OS/c1-8(2)16(4)14(17)13-11(15)10-7-5-6-9(3)12(10)18-13/h5-8H,15H2,1-4H3. The van der Waals surface area contributed by atoms with Crippen LogP contribution in [0.2, 0.25) is 0 Å². The molecule has 1 amide bonds. The first-order chi connectivity index (χ1) is 8.43. The molecule has 0 bridgehead atoms. The summed E-state index contributed by atoms with van der Waals surface area (Å²) < 4.78 is 1.11. The molecule has 0 aliphatic rings. The Morgan fingerprint density at radius 3 is 2.61 bits per heavy atom. The second kappa shape index (κ2) is 4.61. The summed E-state index contributed by atoms with van der Waals surface area (Å²) >= 11 is 1.49. The number of aryl methyl sites for hydroxylation is 1. The van der Waals surface area contributed by atoms with Crippen LogP contribution >= 0.6 is 11.3 Å². The number of carbonyl (C=O) groups is 1. The molecule has 0 unspecified atom stereocenters. The van der Waals surface area contributed by atoms with Crippen LogP contribution in [0, 0.1) is 6.92 Å². The fraction of sp³-hybridized carbons (Fsp3) is 0.357. The Kier molecular flexibility index (Phi) is 3.30. The van der Waals surface area contributed by atoms with E-state index in [1.54, 1.807) is 4.90 Å². The monoisotopic (exact) mass is 262 g/mol. The van der Waals surface area contributed by atoms with E-state index in [0.717, 1.165) is 15.6 Å². The second-order valence-electron chi connectivity index (χ2n) is 4.81. The van der Waals surface area contributed by atoms with Gasteiger partial charge in [-0.25, -0.2) is 0 Å². The molecule has 0 radical (unpaired) electrons. The van der Waals surface area contributed by atoms with E-state index in [-0.39, 0.29) is 11.9 Å². The quantitative estimate of drug-likeness (QED) is 0.903.